The molecule has 0 radical (unpaired) electrons. The van der Waals surface area contributed by atoms with Crippen LogP contribution < -0.4 is 5.32 Å². The molecule has 2 rings (SSSR count). The van der Waals surface area contributed by atoms with Gasteiger partial charge < -0.3 is 10.1 Å². The lowest BCUT2D eigenvalue weighted by atomic mass is 10.1. The zero-order chi connectivity index (χ0) is 16.1. The Kier molecular flexibility index (Phi) is 4.88. The number of rotatable bonds is 4. The van der Waals surface area contributed by atoms with E-state index in [4.69, 9.17) is 4.74 Å². The molecule has 1 aromatic heterocycles. The molecule has 0 bridgehead atoms. The third kappa shape index (κ3) is 3.91. The maximum Gasteiger partial charge on any atom is 0.357 e. The summed E-state index contributed by atoms with van der Waals surface area (Å²) in [7, 11) is 0. The minimum Gasteiger partial charge on any atom is -0.451 e. The summed E-state index contributed by atoms with van der Waals surface area (Å²) in [6, 6.07) is 8.90. The van der Waals surface area contributed by atoms with Crippen LogP contribution in [0.2, 0.25) is 0 Å². The van der Waals surface area contributed by atoms with Gasteiger partial charge in [0.15, 0.2) is 6.61 Å². The van der Waals surface area contributed by atoms with Crippen LogP contribution in [-0.4, -0.2) is 23.5 Å². The Morgan fingerprint density at radius 1 is 1.14 bits per heavy atom. The number of benzene rings is 1. The van der Waals surface area contributed by atoms with Crippen LogP contribution in [0.1, 0.15) is 27.2 Å². The molecule has 0 unspecified atom stereocenters. The molecule has 1 amide bonds. The Balaban J connectivity index is 1.95. The van der Waals surface area contributed by atoms with Crippen molar-refractivity contribution < 1.29 is 14.3 Å². The van der Waals surface area contributed by atoms with Crippen LogP contribution in [0.3, 0.4) is 0 Å². The third-order valence-electron chi connectivity index (χ3n) is 3.15. The largest absolute Gasteiger partial charge is 0.451 e. The molecule has 0 saturated heterocycles. The summed E-state index contributed by atoms with van der Waals surface area (Å²) in [4.78, 5) is 27.5. The highest BCUT2D eigenvalue weighted by Crippen LogP contribution is 2.21. The van der Waals surface area contributed by atoms with Crippen LogP contribution in [0.4, 0.5) is 5.69 Å². The van der Waals surface area contributed by atoms with E-state index in [9.17, 15) is 9.59 Å². The van der Waals surface area contributed by atoms with E-state index < -0.39 is 5.97 Å². The van der Waals surface area contributed by atoms with Crippen LogP contribution in [0.5, 0.6) is 0 Å². The maximum atomic E-state index is 11.9. The lowest BCUT2D eigenvalue weighted by Gasteiger charge is -2.12. The van der Waals surface area contributed by atoms with Gasteiger partial charge in [0.25, 0.3) is 5.91 Å². The number of aryl methyl sites for hydroxylation is 3. The van der Waals surface area contributed by atoms with E-state index >= 15 is 0 Å². The zero-order valence-electron chi connectivity index (χ0n) is 12.8. The predicted octanol–water partition coefficient (Wildman–Crippen LogP) is 2.80. The Morgan fingerprint density at radius 3 is 2.41 bits per heavy atom. The second kappa shape index (κ2) is 6.85. The van der Waals surface area contributed by atoms with Gasteiger partial charge in [-0.05, 0) is 44.0 Å². The number of nitrogens with one attached hydrogen (secondary N) is 1. The van der Waals surface area contributed by atoms with Gasteiger partial charge in [0, 0.05) is 11.9 Å². The van der Waals surface area contributed by atoms with Crippen molar-refractivity contribution in [1.29, 1.82) is 0 Å². The molecule has 5 heteroatoms. The fraction of sp³-hybridized carbons (Fsp3) is 0.235. The van der Waals surface area contributed by atoms with Gasteiger partial charge in [-0.15, -0.1) is 0 Å². The summed E-state index contributed by atoms with van der Waals surface area (Å²) in [5.41, 5.74) is 4.01. The zero-order valence-corrected chi connectivity index (χ0v) is 12.8. The summed E-state index contributed by atoms with van der Waals surface area (Å²) in [5.74, 6) is -0.993. The summed E-state index contributed by atoms with van der Waals surface area (Å²) in [6.45, 7) is 5.51. The lowest BCUT2D eigenvalue weighted by molar-refractivity contribution is -0.119. The summed E-state index contributed by atoms with van der Waals surface area (Å²) in [5, 5.41) is 2.78. The van der Waals surface area contributed by atoms with Crippen LogP contribution >= 0.6 is 0 Å². The standard InChI is InChI=1S/C17H18N2O3/c1-11-8-12(2)16(13(3)9-11)19-15(20)10-22-17(21)14-6-4-5-7-18-14/h4-9H,10H2,1-3H3,(H,19,20). The Labute approximate surface area is 129 Å². The monoisotopic (exact) mass is 298 g/mol. The average Bonchev–Trinajstić information content (AvgIpc) is 2.49. The van der Waals surface area contributed by atoms with Crippen molar-refractivity contribution in [3.8, 4) is 0 Å². The first-order valence-electron chi connectivity index (χ1n) is 6.93. The van der Waals surface area contributed by atoms with Gasteiger partial charge in [-0.3, -0.25) is 4.79 Å². The van der Waals surface area contributed by atoms with Gasteiger partial charge in [0.05, 0.1) is 0 Å². The van der Waals surface area contributed by atoms with E-state index in [1.165, 1.54) is 12.3 Å². The Bertz CT molecular complexity index is 673. The number of nitrogens with zero attached hydrogens (tertiary/aromatic N) is 1. The second-order valence-electron chi connectivity index (χ2n) is 5.11. The summed E-state index contributed by atoms with van der Waals surface area (Å²) >= 11 is 0. The van der Waals surface area contributed by atoms with Gasteiger partial charge in [-0.2, -0.15) is 0 Å². The fourth-order valence-electron chi connectivity index (χ4n) is 2.24. The lowest BCUT2D eigenvalue weighted by Crippen LogP contribution is -2.22. The number of pyridine rings is 1. The SMILES string of the molecule is Cc1cc(C)c(NC(=O)COC(=O)c2ccccn2)c(C)c1. The molecule has 0 spiro atoms. The molecule has 0 aliphatic heterocycles. The molecule has 0 aliphatic carbocycles. The van der Waals surface area contributed by atoms with E-state index in [1.54, 1.807) is 12.1 Å². The first-order valence-corrected chi connectivity index (χ1v) is 6.93. The van der Waals surface area contributed by atoms with Crippen molar-refractivity contribution in [2.24, 2.45) is 0 Å². The van der Waals surface area contributed by atoms with Crippen molar-refractivity contribution in [1.82, 2.24) is 4.98 Å². The molecule has 1 N–H and O–H groups in total. The van der Waals surface area contributed by atoms with Crippen LogP contribution in [0, 0.1) is 20.8 Å². The molecule has 1 heterocycles. The van der Waals surface area contributed by atoms with Gasteiger partial charge in [0.1, 0.15) is 5.69 Å². The number of hydrogen-bond donors (Lipinski definition) is 1. The summed E-state index contributed by atoms with van der Waals surface area (Å²) < 4.78 is 4.95. The first-order chi connectivity index (χ1) is 10.5. The number of carbonyl (C=O) groups excluding carboxylic acids is 2. The molecule has 22 heavy (non-hydrogen) atoms. The normalized spacial score (nSPS) is 10.1. The van der Waals surface area contributed by atoms with Gasteiger partial charge >= 0.3 is 5.97 Å². The molecular formula is C17H18N2O3. The highest BCUT2D eigenvalue weighted by molar-refractivity contribution is 5.95. The topological polar surface area (TPSA) is 68.3 Å². The highest BCUT2D eigenvalue weighted by Gasteiger charge is 2.12. The van der Waals surface area contributed by atoms with Crippen molar-refractivity contribution >= 4 is 17.6 Å². The van der Waals surface area contributed by atoms with E-state index in [0.29, 0.717) is 0 Å². The van der Waals surface area contributed by atoms with Crippen molar-refractivity contribution in [2.45, 2.75) is 20.8 Å². The number of carbonyl (C=O) groups is 2. The number of hydrogen-bond acceptors (Lipinski definition) is 4. The second-order valence-corrected chi connectivity index (χ2v) is 5.11. The van der Waals surface area contributed by atoms with Crippen molar-refractivity contribution in [3.05, 3.63) is 58.9 Å². The minimum atomic E-state index is -0.618. The molecule has 0 aliphatic rings. The van der Waals surface area contributed by atoms with Crippen LogP contribution in [0.25, 0.3) is 0 Å². The molecule has 0 saturated carbocycles. The van der Waals surface area contributed by atoms with E-state index in [2.05, 4.69) is 10.3 Å². The fourth-order valence-corrected chi connectivity index (χ4v) is 2.24. The molecule has 1 aromatic carbocycles. The maximum absolute atomic E-state index is 11.9. The molecule has 0 fully saturated rings. The molecule has 0 atom stereocenters. The van der Waals surface area contributed by atoms with Gasteiger partial charge in [-0.25, -0.2) is 9.78 Å². The molecule has 5 nitrogen and oxygen atoms in total. The molecule has 114 valence electrons. The molecule has 2 aromatic rings. The Hall–Kier alpha value is -2.69. The average molecular weight is 298 g/mol. The number of aromatic nitrogens is 1. The first kappa shape index (κ1) is 15.7. The van der Waals surface area contributed by atoms with E-state index in [-0.39, 0.29) is 18.2 Å². The Morgan fingerprint density at radius 2 is 1.82 bits per heavy atom. The number of ether oxygens (including phenoxy) is 1. The van der Waals surface area contributed by atoms with Crippen LogP contribution in [-0.2, 0) is 9.53 Å². The van der Waals surface area contributed by atoms with Crippen molar-refractivity contribution in [3.63, 3.8) is 0 Å². The third-order valence-corrected chi connectivity index (χ3v) is 3.15. The molecular weight excluding hydrogens is 280 g/mol. The number of amides is 1. The quantitative estimate of drug-likeness (QED) is 0.881. The van der Waals surface area contributed by atoms with E-state index in [1.807, 2.05) is 32.9 Å². The van der Waals surface area contributed by atoms with Crippen molar-refractivity contribution in [2.75, 3.05) is 11.9 Å². The minimum absolute atomic E-state index is 0.179. The van der Waals surface area contributed by atoms with Crippen LogP contribution in [0.15, 0.2) is 36.5 Å². The highest BCUT2D eigenvalue weighted by atomic mass is 16.5. The smallest absolute Gasteiger partial charge is 0.357 e. The van der Waals surface area contributed by atoms with Gasteiger partial charge in [0.2, 0.25) is 0 Å². The predicted molar refractivity (Wildman–Crippen MR) is 83.8 cm³/mol. The number of esters is 1. The van der Waals surface area contributed by atoms with E-state index in [0.717, 1.165) is 22.4 Å². The van der Waals surface area contributed by atoms with Gasteiger partial charge in [-0.1, -0.05) is 23.8 Å². The summed E-state index contributed by atoms with van der Waals surface area (Å²) in [6.07, 6.45) is 1.50. The number of anilines is 1.